The quantitative estimate of drug-likeness (QED) is 0.313. The third-order valence-corrected chi connectivity index (χ3v) is 6.48. The second-order valence-corrected chi connectivity index (χ2v) is 8.97. The molecule has 9 heteroatoms. The fourth-order valence-electron chi connectivity index (χ4n) is 4.66. The number of hydrogen-bond donors (Lipinski definition) is 2. The Labute approximate surface area is 179 Å². The molecule has 7 atom stereocenters. The largest absolute Gasteiger partial charge is 0.462 e. The molecule has 1 aromatic rings. The van der Waals surface area contributed by atoms with Crippen molar-refractivity contribution in [1.82, 2.24) is 0 Å². The molecule has 0 aliphatic carbocycles. The first-order chi connectivity index (χ1) is 14.5. The number of epoxide rings is 1. The molecule has 4 rings (SSSR count). The summed E-state index contributed by atoms with van der Waals surface area (Å²) in [5, 5.41) is 21.7. The van der Waals surface area contributed by atoms with Gasteiger partial charge < -0.3 is 28.8 Å². The Morgan fingerprint density at radius 1 is 1.39 bits per heavy atom. The number of hydrogen-bond acceptors (Lipinski definition) is 9. The van der Waals surface area contributed by atoms with Gasteiger partial charge >= 0.3 is 11.9 Å². The van der Waals surface area contributed by atoms with Crippen molar-refractivity contribution in [2.75, 3.05) is 0 Å². The van der Waals surface area contributed by atoms with Gasteiger partial charge in [-0.2, -0.15) is 0 Å². The first-order valence-corrected chi connectivity index (χ1v) is 10.2. The zero-order valence-corrected chi connectivity index (χ0v) is 17.6. The summed E-state index contributed by atoms with van der Waals surface area (Å²) in [5.74, 6) is -1.22. The van der Waals surface area contributed by atoms with Gasteiger partial charge in [0.15, 0.2) is 6.29 Å². The van der Waals surface area contributed by atoms with E-state index in [1.807, 2.05) is 0 Å². The third kappa shape index (κ3) is 3.50. The van der Waals surface area contributed by atoms with Gasteiger partial charge in [0.2, 0.25) is 5.60 Å². The van der Waals surface area contributed by atoms with Crippen molar-refractivity contribution in [3.05, 3.63) is 35.3 Å². The molecular formula is C22H26O9. The average molecular weight is 434 g/mol. The maximum absolute atomic E-state index is 12.8. The van der Waals surface area contributed by atoms with E-state index in [9.17, 15) is 24.6 Å². The number of rotatable bonds is 3. The molecule has 31 heavy (non-hydrogen) atoms. The Morgan fingerprint density at radius 2 is 2.10 bits per heavy atom. The van der Waals surface area contributed by atoms with Crippen LogP contribution in [-0.2, 0) is 30.2 Å². The van der Waals surface area contributed by atoms with Crippen LogP contribution in [0.15, 0.2) is 22.6 Å². The van der Waals surface area contributed by atoms with Gasteiger partial charge in [-0.25, -0.2) is 4.79 Å². The van der Waals surface area contributed by atoms with Crippen LogP contribution in [0.1, 0.15) is 61.6 Å². The number of aliphatic hydroxyl groups is 2. The van der Waals surface area contributed by atoms with E-state index in [0.29, 0.717) is 12.0 Å². The molecule has 3 aliphatic rings. The van der Waals surface area contributed by atoms with Crippen molar-refractivity contribution in [3.63, 3.8) is 0 Å². The Bertz CT molecular complexity index is 945. The van der Waals surface area contributed by atoms with E-state index < -0.39 is 47.6 Å². The lowest BCUT2D eigenvalue weighted by atomic mass is 9.83. The van der Waals surface area contributed by atoms with E-state index in [0.717, 1.165) is 5.57 Å². The summed E-state index contributed by atoms with van der Waals surface area (Å²) < 4.78 is 22.5. The molecule has 3 aliphatic heterocycles. The van der Waals surface area contributed by atoms with Gasteiger partial charge in [-0.1, -0.05) is 12.2 Å². The molecule has 0 amide bonds. The molecule has 0 unspecified atom stereocenters. The van der Waals surface area contributed by atoms with E-state index in [4.69, 9.17) is 18.6 Å². The summed E-state index contributed by atoms with van der Waals surface area (Å²) in [7, 11) is 0. The fourth-order valence-corrected chi connectivity index (χ4v) is 4.66. The van der Waals surface area contributed by atoms with Crippen LogP contribution < -0.4 is 0 Å². The zero-order valence-electron chi connectivity index (χ0n) is 17.6. The lowest BCUT2D eigenvalue weighted by Crippen LogP contribution is -2.42. The Hall–Kier alpha value is -2.49. The number of furan rings is 1. The number of carbonyl (C=O) groups excluding carboxylic acids is 3. The molecule has 2 saturated heterocycles. The van der Waals surface area contributed by atoms with Crippen LogP contribution in [0, 0.1) is 5.92 Å². The van der Waals surface area contributed by atoms with Crippen LogP contribution in [0.2, 0.25) is 0 Å². The van der Waals surface area contributed by atoms with E-state index in [1.165, 1.54) is 19.9 Å². The van der Waals surface area contributed by atoms with Crippen molar-refractivity contribution in [2.24, 2.45) is 5.92 Å². The van der Waals surface area contributed by atoms with Crippen LogP contribution in [-0.4, -0.2) is 58.0 Å². The molecule has 0 saturated carbocycles. The van der Waals surface area contributed by atoms with Gasteiger partial charge in [-0.15, -0.1) is 0 Å². The Balaban J connectivity index is 1.80. The van der Waals surface area contributed by atoms with Gasteiger partial charge in [-0.05, 0) is 32.3 Å². The van der Waals surface area contributed by atoms with Crippen LogP contribution >= 0.6 is 0 Å². The second-order valence-electron chi connectivity index (χ2n) is 8.97. The van der Waals surface area contributed by atoms with E-state index in [2.05, 4.69) is 6.58 Å². The first-order valence-electron chi connectivity index (χ1n) is 10.2. The van der Waals surface area contributed by atoms with Crippen molar-refractivity contribution in [2.45, 2.75) is 75.7 Å². The van der Waals surface area contributed by atoms with E-state index in [-0.39, 0.29) is 36.5 Å². The van der Waals surface area contributed by atoms with Crippen molar-refractivity contribution >= 4 is 18.2 Å². The highest BCUT2D eigenvalue weighted by Crippen LogP contribution is 2.54. The number of esters is 2. The Kier molecular flexibility index (Phi) is 5.11. The summed E-state index contributed by atoms with van der Waals surface area (Å²) in [4.78, 5) is 36.2. The minimum Gasteiger partial charge on any atom is -0.462 e. The molecule has 1 aromatic heterocycles. The van der Waals surface area contributed by atoms with Gasteiger partial charge in [0.25, 0.3) is 0 Å². The van der Waals surface area contributed by atoms with Crippen molar-refractivity contribution in [3.8, 4) is 0 Å². The second kappa shape index (κ2) is 7.29. The van der Waals surface area contributed by atoms with E-state index in [1.54, 1.807) is 6.92 Å². The number of allylic oxidation sites excluding steroid dienone is 1. The minimum absolute atomic E-state index is 0.0330. The lowest BCUT2D eigenvalue weighted by molar-refractivity contribution is -0.169. The molecule has 4 heterocycles. The number of ether oxygens (including phenoxy) is 3. The highest BCUT2D eigenvalue weighted by Gasteiger charge is 2.78. The highest BCUT2D eigenvalue weighted by molar-refractivity contribution is 5.88. The lowest BCUT2D eigenvalue weighted by Gasteiger charge is -2.30. The fraction of sp³-hybridized carbons (Fsp3) is 0.591. The SMILES string of the molecule is C=C(C)[C@H]1Cc2oc(cc2C=O)[C@H](O)[C@](C)(O)C[C@@H]2OC(=O)[C@]3(O[C@@H]23)[C@H](OC(C)=O)C1. The predicted octanol–water partition coefficient (Wildman–Crippen LogP) is 1.40. The number of fused-ring (bicyclic) bond motifs is 2. The smallest absolute Gasteiger partial charge is 0.345 e. The standard InChI is InChI=1S/C22H26O9/c1-10(2)12-5-14-13(9-23)6-15(29-14)18(25)21(4,27)8-16-19-22(31-19,20(26)30-16)17(7-12)28-11(3)24/h6,9,12,16-19,25,27H,1,5,7-8H2,2-4H3/t12-,16-,17+,18-,19-,21+,22-/m0/s1. The molecular weight excluding hydrogens is 408 g/mol. The van der Waals surface area contributed by atoms with Gasteiger partial charge in [0.05, 0.1) is 11.2 Å². The molecule has 2 N–H and O–H groups in total. The Morgan fingerprint density at radius 3 is 2.68 bits per heavy atom. The summed E-state index contributed by atoms with van der Waals surface area (Å²) >= 11 is 0. The minimum atomic E-state index is -1.75. The van der Waals surface area contributed by atoms with Crippen LogP contribution in [0.25, 0.3) is 0 Å². The molecule has 0 spiro atoms. The summed E-state index contributed by atoms with van der Waals surface area (Å²) in [6.07, 6.45) is -3.10. The summed E-state index contributed by atoms with van der Waals surface area (Å²) in [6.45, 7) is 8.41. The van der Waals surface area contributed by atoms with Gasteiger partial charge in [-0.3, -0.25) is 9.59 Å². The van der Waals surface area contributed by atoms with Crippen molar-refractivity contribution < 1.29 is 43.2 Å². The van der Waals surface area contributed by atoms with Crippen LogP contribution in [0.4, 0.5) is 0 Å². The monoisotopic (exact) mass is 434 g/mol. The molecule has 2 fully saturated rings. The maximum Gasteiger partial charge on any atom is 0.345 e. The predicted molar refractivity (Wildman–Crippen MR) is 104 cm³/mol. The highest BCUT2D eigenvalue weighted by atomic mass is 16.7. The number of aliphatic hydroxyl groups excluding tert-OH is 1. The van der Waals surface area contributed by atoms with Crippen molar-refractivity contribution in [1.29, 1.82) is 0 Å². The third-order valence-electron chi connectivity index (χ3n) is 6.48. The maximum atomic E-state index is 12.8. The van der Waals surface area contributed by atoms with Crippen LogP contribution in [0.5, 0.6) is 0 Å². The normalized spacial score (nSPS) is 39.3. The number of aldehydes is 1. The van der Waals surface area contributed by atoms with Crippen LogP contribution in [0.3, 0.4) is 0 Å². The van der Waals surface area contributed by atoms with Gasteiger partial charge in [0, 0.05) is 19.8 Å². The first kappa shape index (κ1) is 21.7. The zero-order chi connectivity index (χ0) is 22.7. The summed E-state index contributed by atoms with van der Waals surface area (Å²) in [6, 6.07) is 1.39. The van der Waals surface area contributed by atoms with E-state index >= 15 is 0 Å². The number of carbonyl (C=O) groups is 3. The molecule has 168 valence electrons. The molecule has 0 aromatic carbocycles. The average Bonchev–Trinajstić information content (AvgIpc) is 3.22. The molecule has 0 radical (unpaired) electrons. The summed E-state index contributed by atoms with van der Waals surface area (Å²) in [5.41, 5.74) is -2.24. The van der Waals surface area contributed by atoms with Gasteiger partial charge in [0.1, 0.15) is 35.9 Å². The molecule has 9 nitrogen and oxygen atoms in total. The molecule has 4 bridgehead atoms. The topological polar surface area (TPSA) is 136 Å².